The number of rotatable bonds is 5. The van der Waals surface area contributed by atoms with Crippen molar-refractivity contribution in [2.24, 2.45) is 0 Å². The molecule has 2 aromatic carbocycles. The lowest BCUT2D eigenvalue weighted by molar-refractivity contribution is -0.156. The Morgan fingerprint density at radius 2 is 1.91 bits per heavy atom. The van der Waals surface area contributed by atoms with Crippen LogP contribution in [0.4, 0.5) is 4.39 Å². The van der Waals surface area contributed by atoms with Crippen LogP contribution >= 0.6 is 0 Å². The monoisotopic (exact) mass is 433 g/mol. The SMILES string of the molecule is CNC(=O)C1(Cc2cccc(-c3cccc(F)c3)c2)CN(C(=O)c2cccnc2)CCO1. The maximum Gasteiger partial charge on any atom is 0.255 e. The molecule has 1 fully saturated rings. The number of carbonyl (C=O) groups excluding carboxylic acids is 2. The third-order valence-corrected chi connectivity index (χ3v) is 5.60. The van der Waals surface area contributed by atoms with E-state index in [1.807, 2.05) is 30.3 Å². The molecule has 164 valence electrons. The van der Waals surface area contributed by atoms with E-state index in [1.54, 1.807) is 36.3 Å². The maximum absolute atomic E-state index is 13.7. The van der Waals surface area contributed by atoms with Gasteiger partial charge in [-0.15, -0.1) is 0 Å². The molecule has 0 saturated carbocycles. The molecule has 0 spiro atoms. The molecule has 1 aromatic heterocycles. The van der Waals surface area contributed by atoms with Crippen LogP contribution in [0.5, 0.6) is 0 Å². The summed E-state index contributed by atoms with van der Waals surface area (Å²) in [7, 11) is 1.55. The highest BCUT2D eigenvalue weighted by atomic mass is 19.1. The summed E-state index contributed by atoms with van der Waals surface area (Å²) in [4.78, 5) is 31.6. The van der Waals surface area contributed by atoms with Gasteiger partial charge in [0, 0.05) is 32.4 Å². The number of likely N-dealkylation sites (N-methyl/N-ethyl adjacent to an activating group) is 1. The Labute approximate surface area is 186 Å². The fraction of sp³-hybridized carbons (Fsp3) is 0.240. The normalized spacial score (nSPS) is 18.2. The average Bonchev–Trinajstić information content (AvgIpc) is 2.84. The number of nitrogens with zero attached hydrogens (tertiary/aromatic N) is 2. The van der Waals surface area contributed by atoms with Crippen LogP contribution in [-0.2, 0) is 16.0 Å². The molecular formula is C25H24FN3O3. The van der Waals surface area contributed by atoms with Crippen LogP contribution in [0.2, 0.25) is 0 Å². The molecule has 2 heterocycles. The number of nitrogens with one attached hydrogen (secondary N) is 1. The van der Waals surface area contributed by atoms with Crippen molar-refractivity contribution in [1.29, 1.82) is 0 Å². The van der Waals surface area contributed by atoms with Crippen LogP contribution in [0.1, 0.15) is 15.9 Å². The molecule has 1 N–H and O–H groups in total. The molecule has 1 atom stereocenters. The number of benzene rings is 2. The van der Waals surface area contributed by atoms with E-state index in [1.165, 1.54) is 18.3 Å². The highest BCUT2D eigenvalue weighted by molar-refractivity contribution is 5.95. The smallest absolute Gasteiger partial charge is 0.255 e. The van der Waals surface area contributed by atoms with Gasteiger partial charge in [0.05, 0.1) is 18.7 Å². The van der Waals surface area contributed by atoms with Gasteiger partial charge in [-0.25, -0.2) is 4.39 Å². The standard InChI is InChI=1S/C25H24FN3O3/c1-27-24(31)25(17-29(11-12-32-25)23(30)21-8-4-10-28-16-21)15-18-5-2-6-19(13-18)20-7-3-9-22(26)14-20/h2-10,13-14,16H,11-12,15,17H2,1H3,(H,27,31). The predicted octanol–water partition coefficient (Wildman–Crippen LogP) is 3.09. The number of ether oxygens (including phenoxy) is 1. The number of halogens is 1. The molecule has 0 bridgehead atoms. The second kappa shape index (κ2) is 9.28. The molecule has 2 amide bonds. The van der Waals surface area contributed by atoms with Crippen LogP contribution in [0.15, 0.2) is 73.1 Å². The van der Waals surface area contributed by atoms with Crippen molar-refractivity contribution in [2.45, 2.75) is 12.0 Å². The van der Waals surface area contributed by atoms with E-state index >= 15 is 0 Å². The van der Waals surface area contributed by atoms with Crippen LogP contribution in [0.25, 0.3) is 11.1 Å². The Balaban J connectivity index is 1.62. The van der Waals surface area contributed by atoms with E-state index in [4.69, 9.17) is 4.74 Å². The lowest BCUT2D eigenvalue weighted by Crippen LogP contribution is -2.61. The third-order valence-electron chi connectivity index (χ3n) is 5.60. The van der Waals surface area contributed by atoms with Crippen LogP contribution in [0, 0.1) is 5.82 Å². The van der Waals surface area contributed by atoms with Crippen molar-refractivity contribution >= 4 is 11.8 Å². The summed E-state index contributed by atoms with van der Waals surface area (Å²) in [6.45, 7) is 0.739. The third kappa shape index (κ3) is 4.53. The minimum absolute atomic E-state index is 0.116. The molecule has 4 rings (SSSR count). The van der Waals surface area contributed by atoms with Gasteiger partial charge in [0.1, 0.15) is 5.82 Å². The van der Waals surface area contributed by atoms with Gasteiger partial charge in [-0.1, -0.05) is 36.4 Å². The van der Waals surface area contributed by atoms with E-state index in [0.29, 0.717) is 12.1 Å². The van der Waals surface area contributed by atoms with Gasteiger partial charge in [-0.2, -0.15) is 0 Å². The number of amides is 2. The zero-order valence-corrected chi connectivity index (χ0v) is 17.8. The summed E-state index contributed by atoms with van der Waals surface area (Å²) < 4.78 is 19.7. The van der Waals surface area contributed by atoms with E-state index in [0.717, 1.165) is 16.7 Å². The summed E-state index contributed by atoms with van der Waals surface area (Å²) in [5.74, 6) is -0.796. The Morgan fingerprint density at radius 3 is 2.62 bits per heavy atom. The van der Waals surface area contributed by atoms with Gasteiger partial charge in [0.25, 0.3) is 11.8 Å². The van der Waals surface area contributed by atoms with E-state index in [-0.39, 0.29) is 37.2 Å². The van der Waals surface area contributed by atoms with Gasteiger partial charge >= 0.3 is 0 Å². The van der Waals surface area contributed by atoms with Crippen LogP contribution in [-0.4, -0.2) is 54.0 Å². The second-order valence-electron chi connectivity index (χ2n) is 7.78. The maximum atomic E-state index is 13.7. The molecule has 1 aliphatic heterocycles. The van der Waals surface area contributed by atoms with Crippen molar-refractivity contribution in [2.75, 3.05) is 26.7 Å². The van der Waals surface area contributed by atoms with Crippen molar-refractivity contribution in [1.82, 2.24) is 15.2 Å². The van der Waals surface area contributed by atoms with Crippen molar-refractivity contribution in [3.05, 3.63) is 90.0 Å². The van der Waals surface area contributed by atoms with E-state index in [9.17, 15) is 14.0 Å². The van der Waals surface area contributed by atoms with E-state index in [2.05, 4.69) is 10.3 Å². The van der Waals surface area contributed by atoms with Gasteiger partial charge in [-0.05, 0) is 41.0 Å². The molecule has 1 aliphatic rings. The second-order valence-corrected chi connectivity index (χ2v) is 7.78. The molecular weight excluding hydrogens is 409 g/mol. The molecule has 1 saturated heterocycles. The molecule has 0 aliphatic carbocycles. The summed E-state index contributed by atoms with van der Waals surface area (Å²) in [5, 5.41) is 2.68. The number of carbonyl (C=O) groups is 2. The Bertz CT molecular complexity index is 1120. The fourth-order valence-electron chi connectivity index (χ4n) is 4.04. The largest absolute Gasteiger partial charge is 0.361 e. The summed E-state index contributed by atoms with van der Waals surface area (Å²) >= 11 is 0. The number of hydrogen-bond donors (Lipinski definition) is 1. The molecule has 1 unspecified atom stereocenters. The minimum Gasteiger partial charge on any atom is -0.361 e. The Hall–Kier alpha value is -3.58. The van der Waals surface area contributed by atoms with Gasteiger partial charge < -0.3 is 15.0 Å². The number of aromatic nitrogens is 1. The topological polar surface area (TPSA) is 71.5 Å². The highest BCUT2D eigenvalue weighted by Crippen LogP contribution is 2.28. The Kier molecular flexibility index (Phi) is 6.28. The average molecular weight is 433 g/mol. The quantitative estimate of drug-likeness (QED) is 0.671. The first-order chi connectivity index (χ1) is 15.5. The first kappa shape index (κ1) is 21.6. The fourth-order valence-corrected chi connectivity index (χ4v) is 4.04. The molecule has 6 nitrogen and oxygen atoms in total. The van der Waals surface area contributed by atoms with Crippen molar-refractivity contribution in [3.63, 3.8) is 0 Å². The lowest BCUT2D eigenvalue weighted by atomic mass is 9.89. The van der Waals surface area contributed by atoms with Crippen molar-refractivity contribution < 1.29 is 18.7 Å². The van der Waals surface area contributed by atoms with Gasteiger partial charge in [-0.3, -0.25) is 14.6 Å². The predicted molar refractivity (Wildman–Crippen MR) is 118 cm³/mol. The molecule has 32 heavy (non-hydrogen) atoms. The summed E-state index contributed by atoms with van der Waals surface area (Å²) in [6.07, 6.45) is 3.39. The zero-order chi connectivity index (χ0) is 22.6. The molecule has 3 aromatic rings. The number of pyridine rings is 1. The van der Waals surface area contributed by atoms with Gasteiger partial charge in [0.15, 0.2) is 5.60 Å². The number of morpholine rings is 1. The first-order valence-corrected chi connectivity index (χ1v) is 10.4. The zero-order valence-electron chi connectivity index (χ0n) is 17.8. The summed E-state index contributed by atoms with van der Waals surface area (Å²) in [5.41, 5.74) is 1.68. The van der Waals surface area contributed by atoms with Gasteiger partial charge in [0.2, 0.25) is 0 Å². The van der Waals surface area contributed by atoms with Crippen molar-refractivity contribution in [3.8, 4) is 11.1 Å². The molecule has 7 heteroatoms. The number of hydrogen-bond acceptors (Lipinski definition) is 4. The lowest BCUT2D eigenvalue weighted by Gasteiger charge is -2.41. The van der Waals surface area contributed by atoms with Crippen LogP contribution < -0.4 is 5.32 Å². The summed E-state index contributed by atoms with van der Waals surface area (Å²) in [6, 6.07) is 17.4. The van der Waals surface area contributed by atoms with E-state index < -0.39 is 5.60 Å². The minimum atomic E-state index is -1.23. The highest BCUT2D eigenvalue weighted by Gasteiger charge is 2.44. The van der Waals surface area contributed by atoms with Crippen LogP contribution in [0.3, 0.4) is 0 Å². The molecule has 0 radical (unpaired) electrons. The first-order valence-electron chi connectivity index (χ1n) is 10.4. The Morgan fingerprint density at radius 1 is 1.12 bits per heavy atom.